The number of para-hydroxylation sites is 1. The maximum atomic E-state index is 12.5. The first-order valence-electron chi connectivity index (χ1n) is 7.84. The van der Waals surface area contributed by atoms with Gasteiger partial charge in [0.15, 0.2) is 11.5 Å². The van der Waals surface area contributed by atoms with Gasteiger partial charge in [0.05, 0.1) is 14.2 Å². The van der Waals surface area contributed by atoms with Crippen molar-refractivity contribution in [1.82, 2.24) is 4.90 Å². The lowest BCUT2D eigenvalue weighted by molar-refractivity contribution is -0.131. The maximum absolute atomic E-state index is 12.5. The Balaban J connectivity index is 2.18. The van der Waals surface area contributed by atoms with Crippen LogP contribution < -0.4 is 9.47 Å². The first-order valence-corrected chi connectivity index (χ1v) is 8.89. The molecule has 4 nitrogen and oxygen atoms in total. The molecule has 0 bridgehead atoms. The third-order valence-corrected chi connectivity index (χ3v) is 5.15. The molecule has 0 spiro atoms. The van der Waals surface area contributed by atoms with E-state index in [0.717, 1.165) is 42.9 Å². The van der Waals surface area contributed by atoms with Crippen molar-refractivity contribution >= 4 is 17.7 Å². The van der Waals surface area contributed by atoms with E-state index >= 15 is 0 Å². The second kappa shape index (κ2) is 8.32. The quantitative estimate of drug-likeness (QED) is 0.714. The number of amides is 1. The molecule has 0 aromatic heterocycles. The number of benzene rings is 1. The predicted molar refractivity (Wildman–Crippen MR) is 90.6 cm³/mol. The number of methoxy groups -OCH3 is 2. The van der Waals surface area contributed by atoms with Crippen molar-refractivity contribution in [3.63, 3.8) is 0 Å². The molecule has 1 saturated heterocycles. The standard InChI is InChI=1S/C17H25NO3S/c1-4-5-6-10-15(19)18-11-12-22-17(18)13-8-7-9-14(20-2)16(13)21-3/h7-9,17H,4-6,10-12H2,1-3H3/t17-/m0/s1. The van der Waals surface area contributed by atoms with Crippen molar-refractivity contribution < 1.29 is 14.3 Å². The molecule has 0 aliphatic carbocycles. The topological polar surface area (TPSA) is 38.8 Å². The molecule has 1 amide bonds. The lowest BCUT2D eigenvalue weighted by atomic mass is 10.1. The summed E-state index contributed by atoms with van der Waals surface area (Å²) >= 11 is 1.79. The van der Waals surface area contributed by atoms with E-state index in [9.17, 15) is 4.79 Å². The summed E-state index contributed by atoms with van der Waals surface area (Å²) in [7, 11) is 3.28. The molecule has 0 saturated carbocycles. The zero-order valence-corrected chi connectivity index (χ0v) is 14.4. The van der Waals surface area contributed by atoms with Gasteiger partial charge in [0.1, 0.15) is 5.37 Å². The molecule has 0 N–H and O–H groups in total. The molecule has 1 atom stereocenters. The zero-order valence-electron chi connectivity index (χ0n) is 13.6. The minimum absolute atomic E-state index is 0.0270. The van der Waals surface area contributed by atoms with Gasteiger partial charge >= 0.3 is 0 Å². The monoisotopic (exact) mass is 323 g/mol. The molecule has 22 heavy (non-hydrogen) atoms. The van der Waals surface area contributed by atoms with Gasteiger partial charge in [0, 0.05) is 24.3 Å². The van der Waals surface area contributed by atoms with E-state index in [2.05, 4.69) is 6.92 Å². The van der Waals surface area contributed by atoms with Crippen molar-refractivity contribution in [3.05, 3.63) is 23.8 Å². The van der Waals surface area contributed by atoms with Gasteiger partial charge < -0.3 is 14.4 Å². The van der Waals surface area contributed by atoms with Crippen molar-refractivity contribution in [2.45, 2.75) is 38.0 Å². The lowest BCUT2D eigenvalue weighted by Crippen LogP contribution is -2.30. The third-order valence-electron chi connectivity index (χ3n) is 3.90. The number of carbonyl (C=O) groups is 1. The first-order chi connectivity index (χ1) is 10.7. The average molecular weight is 323 g/mol. The Morgan fingerprint density at radius 3 is 2.82 bits per heavy atom. The van der Waals surface area contributed by atoms with Gasteiger partial charge in [0.25, 0.3) is 0 Å². The molecular formula is C17H25NO3S. The molecule has 1 fully saturated rings. The molecular weight excluding hydrogens is 298 g/mol. The number of hydrogen-bond acceptors (Lipinski definition) is 4. The minimum atomic E-state index is 0.0270. The Hall–Kier alpha value is -1.36. The summed E-state index contributed by atoms with van der Waals surface area (Å²) < 4.78 is 10.9. The van der Waals surface area contributed by atoms with E-state index in [4.69, 9.17) is 9.47 Å². The van der Waals surface area contributed by atoms with Gasteiger partial charge in [-0.15, -0.1) is 11.8 Å². The molecule has 5 heteroatoms. The van der Waals surface area contributed by atoms with E-state index in [-0.39, 0.29) is 11.3 Å². The highest BCUT2D eigenvalue weighted by atomic mass is 32.2. The molecule has 0 unspecified atom stereocenters. The average Bonchev–Trinajstić information content (AvgIpc) is 3.03. The van der Waals surface area contributed by atoms with E-state index in [1.165, 1.54) is 0 Å². The van der Waals surface area contributed by atoms with Crippen molar-refractivity contribution in [1.29, 1.82) is 0 Å². The van der Waals surface area contributed by atoms with Crippen LogP contribution in [0.3, 0.4) is 0 Å². The fraction of sp³-hybridized carbons (Fsp3) is 0.588. The van der Waals surface area contributed by atoms with Crippen LogP contribution >= 0.6 is 11.8 Å². The second-order valence-electron chi connectivity index (χ2n) is 5.35. The summed E-state index contributed by atoms with van der Waals surface area (Å²) in [6.07, 6.45) is 3.85. The van der Waals surface area contributed by atoms with Crippen molar-refractivity contribution in [2.75, 3.05) is 26.5 Å². The van der Waals surface area contributed by atoms with E-state index in [1.54, 1.807) is 26.0 Å². The molecule has 0 radical (unpaired) electrons. The summed E-state index contributed by atoms with van der Waals surface area (Å²) in [5.74, 6) is 2.65. The van der Waals surface area contributed by atoms with E-state index in [0.29, 0.717) is 12.2 Å². The molecule has 1 aromatic carbocycles. The Morgan fingerprint density at radius 1 is 1.32 bits per heavy atom. The van der Waals surface area contributed by atoms with Crippen LogP contribution in [0.5, 0.6) is 11.5 Å². The van der Waals surface area contributed by atoms with Crippen LogP contribution in [0.15, 0.2) is 18.2 Å². The van der Waals surface area contributed by atoms with Crippen LogP contribution in [0.4, 0.5) is 0 Å². The minimum Gasteiger partial charge on any atom is -0.493 e. The van der Waals surface area contributed by atoms with Crippen LogP contribution in [0.1, 0.15) is 43.5 Å². The van der Waals surface area contributed by atoms with Gasteiger partial charge in [-0.1, -0.05) is 31.9 Å². The second-order valence-corrected chi connectivity index (χ2v) is 6.54. The summed E-state index contributed by atoms with van der Waals surface area (Å²) in [6.45, 7) is 2.96. The fourth-order valence-electron chi connectivity index (χ4n) is 2.76. The zero-order chi connectivity index (χ0) is 15.9. The largest absolute Gasteiger partial charge is 0.493 e. The third kappa shape index (κ3) is 3.69. The van der Waals surface area contributed by atoms with Gasteiger partial charge in [-0.2, -0.15) is 0 Å². The number of rotatable bonds is 7. The van der Waals surface area contributed by atoms with Gasteiger partial charge in [-0.25, -0.2) is 0 Å². The Kier molecular flexibility index (Phi) is 6.43. The normalized spacial score (nSPS) is 17.6. The SMILES string of the molecule is CCCCCC(=O)N1CCS[C@H]1c1cccc(OC)c1OC. The van der Waals surface area contributed by atoms with Crippen LogP contribution in [-0.2, 0) is 4.79 Å². The highest BCUT2D eigenvalue weighted by molar-refractivity contribution is 7.99. The van der Waals surface area contributed by atoms with Gasteiger partial charge in [-0.05, 0) is 12.5 Å². The maximum Gasteiger partial charge on any atom is 0.223 e. The highest BCUT2D eigenvalue weighted by Gasteiger charge is 2.32. The van der Waals surface area contributed by atoms with Crippen LogP contribution in [0.25, 0.3) is 0 Å². The van der Waals surface area contributed by atoms with Crippen LogP contribution in [-0.4, -0.2) is 37.3 Å². The Bertz CT molecular complexity index is 507. The highest BCUT2D eigenvalue weighted by Crippen LogP contribution is 2.45. The fourth-order valence-corrected chi connectivity index (χ4v) is 4.05. The van der Waals surface area contributed by atoms with Gasteiger partial charge in [-0.3, -0.25) is 4.79 Å². The van der Waals surface area contributed by atoms with Crippen LogP contribution in [0, 0.1) is 0 Å². The smallest absolute Gasteiger partial charge is 0.223 e. The lowest BCUT2D eigenvalue weighted by Gasteiger charge is -2.26. The van der Waals surface area contributed by atoms with Crippen molar-refractivity contribution in [3.8, 4) is 11.5 Å². The van der Waals surface area contributed by atoms with E-state index in [1.807, 2.05) is 23.1 Å². The summed E-state index contributed by atoms with van der Waals surface area (Å²) in [4.78, 5) is 14.5. The molecule has 1 aliphatic rings. The van der Waals surface area contributed by atoms with Crippen LogP contribution in [0.2, 0.25) is 0 Å². The number of thioether (sulfide) groups is 1. The molecule has 122 valence electrons. The number of nitrogens with zero attached hydrogens (tertiary/aromatic N) is 1. The number of ether oxygens (including phenoxy) is 2. The Morgan fingerprint density at radius 2 is 2.14 bits per heavy atom. The molecule has 1 heterocycles. The Labute approximate surface area is 137 Å². The van der Waals surface area contributed by atoms with E-state index < -0.39 is 0 Å². The van der Waals surface area contributed by atoms with Crippen molar-refractivity contribution in [2.24, 2.45) is 0 Å². The molecule has 1 aliphatic heterocycles. The molecule has 1 aromatic rings. The first kappa shape index (κ1) is 17.0. The summed E-state index contributed by atoms with van der Waals surface area (Å²) in [5, 5.41) is 0.0270. The number of carbonyl (C=O) groups excluding carboxylic acids is 1. The summed E-state index contributed by atoms with van der Waals surface area (Å²) in [5.41, 5.74) is 1.02. The number of hydrogen-bond donors (Lipinski definition) is 0. The number of unbranched alkanes of at least 4 members (excludes halogenated alkanes) is 2. The predicted octanol–water partition coefficient (Wildman–Crippen LogP) is 3.86. The summed E-state index contributed by atoms with van der Waals surface area (Å²) in [6, 6.07) is 5.86. The molecule has 2 rings (SSSR count). The van der Waals surface area contributed by atoms with Gasteiger partial charge in [0.2, 0.25) is 5.91 Å².